The molecule has 1 fully saturated rings. The number of nitrogens with one attached hydrogen (secondary N) is 2. The van der Waals surface area contributed by atoms with Gasteiger partial charge in [-0.05, 0) is 29.6 Å². The Morgan fingerprint density at radius 2 is 2.12 bits per heavy atom. The first-order chi connectivity index (χ1) is 12.0. The van der Waals surface area contributed by atoms with Gasteiger partial charge >= 0.3 is 0 Å². The number of thiophene rings is 1. The van der Waals surface area contributed by atoms with Crippen molar-refractivity contribution in [3.63, 3.8) is 0 Å². The topological polar surface area (TPSA) is 95.6 Å². The molecule has 0 bridgehead atoms. The second-order valence-electron chi connectivity index (χ2n) is 5.48. The van der Waals surface area contributed by atoms with Gasteiger partial charge in [0.1, 0.15) is 0 Å². The zero-order valence-electron chi connectivity index (χ0n) is 13.3. The normalized spacial score (nSPS) is 15.6. The first-order valence-electron chi connectivity index (χ1n) is 7.64. The maximum absolute atomic E-state index is 12.7. The molecule has 7 nitrogen and oxygen atoms in total. The second-order valence-corrected chi connectivity index (χ2v) is 8.45. The lowest BCUT2D eigenvalue weighted by Gasteiger charge is -2.26. The number of nitrogens with zero attached hydrogens (tertiary/aromatic N) is 1. The van der Waals surface area contributed by atoms with Crippen molar-refractivity contribution < 1.29 is 18.0 Å². The highest BCUT2D eigenvalue weighted by Crippen LogP contribution is 2.18. The molecule has 0 radical (unpaired) electrons. The van der Waals surface area contributed by atoms with E-state index >= 15 is 0 Å². The molecule has 1 aliphatic heterocycles. The van der Waals surface area contributed by atoms with E-state index in [0.717, 1.165) is 9.18 Å². The summed E-state index contributed by atoms with van der Waals surface area (Å²) in [6, 6.07) is 9.66. The molecule has 1 saturated heterocycles. The lowest BCUT2D eigenvalue weighted by atomic mass is 10.2. The number of carbonyl (C=O) groups excluding carboxylic acids is 2. The van der Waals surface area contributed by atoms with Gasteiger partial charge in [0, 0.05) is 23.5 Å². The molecule has 25 heavy (non-hydrogen) atoms. The van der Waals surface area contributed by atoms with Crippen LogP contribution in [0.15, 0.2) is 46.7 Å². The van der Waals surface area contributed by atoms with Crippen LogP contribution in [0.2, 0.25) is 0 Å². The summed E-state index contributed by atoms with van der Waals surface area (Å²) < 4.78 is 26.5. The minimum absolute atomic E-state index is 0.00553. The summed E-state index contributed by atoms with van der Waals surface area (Å²) in [6.07, 6.45) is 0. The van der Waals surface area contributed by atoms with E-state index in [1.807, 2.05) is 17.5 Å². The van der Waals surface area contributed by atoms with Crippen molar-refractivity contribution in [1.29, 1.82) is 0 Å². The van der Waals surface area contributed by atoms with Crippen LogP contribution in [0.3, 0.4) is 0 Å². The third-order valence-electron chi connectivity index (χ3n) is 3.74. The first-order valence-corrected chi connectivity index (χ1v) is 9.96. The Labute approximate surface area is 149 Å². The molecule has 0 unspecified atom stereocenters. The number of hydrogen-bond acceptors (Lipinski definition) is 5. The van der Waals surface area contributed by atoms with E-state index in [-0.39, 0.29) is 41.9 Å². The number of amides is 2. The minimum Gasteiger partial charge on any atom is -0.354 e. The van der Waals surface area contributed by atoms with Crippen molar-refractivity contribution >= 4 is 33.2 Å². The summed E-state index contributed by atoms with van der Waals surface area (Å²) in [5.41, 5.74) is 0.263. The third kappa shape index (κ3) is 4.06. The van der Waals surface area contributed by atoms with Crippen molar-refractivity contribution in [2.75, 3.05) is 19.6 Å². The molecule has 0 saturated carbocycles. The summed E-state index contributed by atoms with van der Waals surface area (Å²) in [5.74, 6) is -0.679. The molecule has 0 aliphatic carbocycles. The van der Waals surface area contributed by atoms with Gasteiger partial charge in [0.25, 0.3) is 5.91 Å². The summed E-state index contributed by atoms with van der Waals surface area (Å²) >= 11 is 1.53. The van der Waals surface area contributed by atoms with Crippen molar-refractivity contribution in [1.82, 2.24) is 14.9 Å². The van der Waals surface area contributed by atoms with Crippen LogP contribution < -0.4 is 10.6 Å². The van der Waals surface area contributed by atoms with E-state index in [1.165, 1.54) is 29.5 Å². The molecule has 2 heterocycles. The van der Waals surface area contributed by atoms with Gasteiger partial charge in [-0.25, -0.2) is 8.42 Å². The van der Waals surface area contributed by atoms with Gasteiger partial charge in [0.05, 0.1) is 18.0 Å². The van der Waals surface area contributed by atoms with E-state index in [1.54, 1.807) is 6.07 Å². The van der Waals surface area contributed by atoms with Gasteiger partial charge in [-0.2, -0.15) is 4.31 Å². The first kappa shape index (κ1) is 17.6. The molecular formula is C16H17N3O4S2. The number of hydrogen-bond donors (Lipinski definition) is 2. The number of rotatable bonds is 5. The fourth-order valence-electron chi connectivity index (χ4n) is 2.45. The Balaban J connectivity index is 1.76. The van der Waals surface area contributed by atoms with Gasteiger partial charge in [0.15, 0.2) is 0 Å². The van der Waals surface area contributed by atoms with Crippen molar-refractivity contribution in [3.05, 3.63) is 52.2 Å². The van der Waals surface area contributed by atoms with Gasteiger partial charge in [0.2, 0.25) is 15.9 Å². The molecule has 1 aliphatic rings. The molecule has 0 atom stereocenters. The van der Waals surface area contributed by atoms with Gasteiger partial charge in [-0.15, -0.1) is 11.3 Å². The van der Waals surface area contributed by atoms with Crippen LogP contribution in [0.4, 0.5) is 0 Å². The smallest absolute Gasteiger partial charge is 0.251 e. The molecule has 132 valence electrons. The SMILES string of the molecule is O=C1CN(S(=O)(=O)c2cccc(C(=O)NCc3cccs3)c2)CCN1. The predicted octanol–water partition coefficient (Wildman–Crippen LogP) is 0.799. The fourth-order valence-corrected chi connectivity index (χ4v) is 4.54. The van der Waals surface area contributed by atoms with Crippen LogP contribution in [0, 0.1) is 0 Å². The second kappa shape index (κ2) is 7.34. The Morgan fingerprint density at radius 1 is 1.28 bits per heavy atom. The van der Waals surface area contributed by atoms with Crippen LogP contribution >= 0.6 is 11.3 Å². The van der Waals surface area contributed by atoms with Crippen LogP contribution in [-0.4, -0.2) is 44.2 Å². The van der Waals surface area contributed by atoms with Gasteiger partial charge < -0.3 is 10.6 Å². The van der Waals surface area contributed by atoms with Crippen LogP contribution in [0.1, 0.15) is 15.2 Å². The summed E-state index contributed by atoms with van der Waals surface area (Å²) in [7, 11) is -3.81. The maximum atomic E-state index is 12.7. The number of sulfonamides is 1. The van der Waals surface area contributed by atoms with E-state index in [4.69, 9.17) is 0 Å². The molecule has 2 amide bonds. The fraction of sp³-hybridized carbons (Fsp3) is 0.250. The Bertz CT molecular complexity index is 879. The Kier molecular flexibility index (Phi) is 5.16. The lowest BCUT2D eigenvalue weighted by molar-refractivity contribution is -0.122. The molecule has 3 rings (SSSR count). The van der Waals surface area contributed by atoms with E-state index < -0.39 is 10.0 Å². The highest BCUT2D eigenvalue weighted by molar-refractivity contribution is 7.89. The third-order valence-corrected chi connectivity index (χ3v) is 6.46. The zero-order chi connectivity index (χ0) is 17.9. The van der Waals surface area contributed by atoms with Gasteiger partial charge in [-0.3, -0.25) is 9.59 Å². The summed E-state index contributed by atoms with van der Waals surface area (Å²) in [4.78, 5) is 24.7. The Morgan fingerprint density at radius 3 is 2.84 bits per heavy atom. The standard InChI is InChI=1S/C16H17N3O4S2/c20-15-11-19(7-6-17-15)25(22,23)14-5-1-3-12(9-14)16(21)18-10-13-4-2-8-24-13/h1-5,8-9H,6-7,10-11H2,(H,17,20)(H,18,21). The van der Waals surface area contributed by atoms with E-state index in [9.17, 15) is 18.0 Å². The zero-order valence-corrected chi connectivity index (χ0v) is 14.9. The van der Waals surface area contributed by atoms with Crippen LogP contribution in [0.25, 0.3) is 0 Å². The highest BCUT2D eigenvalue weighted by atomic mass is 32.2. The number of piperazine rings is 1. The van der Waals surface area contributed by atoms with Crippen molar-refractivity contribution in [2.24, 2.45) is 0 Å². The molecule has 0 spiro atoms. The van der Waals surface area contributed by atoms with Crippen molar-refractivity contribution in [3.8, 4) is 0 Å². The van der Waals surface area contributed by atoms with Crippen LogP contribution in [-0.2, 0) is 21.4 Å². The highest BCUT2D eigenvalue weighted by Gasteiger charge is 2.29. The number of benzene rings is 1. The van der Waals surface area contributed by atoms with Crippen molar-refractivity contribution in [2.45, 2.75) is 11.4 Å². The van der Waals surface area contributed by atoms with E-state index in [0.29, 0.717) is 6.54 Å². The molecule has 9 heteroatoms. The average Bonchev–Trinajstić information content (AvgIpc) is 3.13. The maximum Gasteiger partial charge on any atom is 0.251 e. The Hall–Kier alpha value is -2.23. The van der Waals surface area contributed by atoms with Crippen LogP contribution in [0.5, 0.6) is 0 Å². The molecule has 2 N–H and O–H groups in total. The molecular weight excluding hydrogens is 362 g/mol. The molecule has 2 aromatic rings. The number of carbonyl (C=O) groups is 2. The quantitative estimate of drug-likeness (QED) is 0.803. The van der Waals surface area contributed by atoms with Gasteiger partial charge in [-0.1, -0.05) is 12.1 Å². The summed E-state index contributed by atoms with van der Waals surface area (Å²) in [5, 5.41) is 7.27. The minimum atomic E-state index is -3.81. The summed E-state index contributed by atoms with van der Waals surface area (Å²) in [6.45, 7) is 0.666. The monoisotopic (exact) mass is 379 g/mol. The molecule has 1 aromatic carbocycles. The van der Waals surface area contributed by atoms with E-state index in [2.05, 4.69) is 10.6 Å². The molecule has 1 aromatic heterocycles. The predicted molar refractivity (Wildman–Crippen MR) is 93.7 cm³/mol. The lowest BCUT2D eigenvalue weighted by Crippen LogP contribution is -2.49. The largest absolute Gasteiger partial charge is 0.354 e. The average molecular weight is 379 g/mol.